The van der Waals surface area contributed by atoms with Crippen molar-refractivity contribution in [1.82, 2.24) is 10.0 Å². The van der Waals surface area contributed by atoms with E-state index in [9.17, 15) is 23.3 Å². The number of hydrogen-bond acceptors (Lipinski definition) is 6. The molecular weight excluding hydrogens is 342 g/mol. The zero-order valence-corrected chi connectivity index (χ0v) is 13.1. The second-order valence-corrected chi connectivity index (χ2v) is 8.04. The highest BCUT2D eigenvalue weighted by Gasteiger charge is 2.30. The number of nitrogens with zero attached hydrogens (tertiary/aromatic N) is 1. The van der Waals surface area contributed by atoms with Gasteiger partial charge in [0.2, 0.25) is 5.91 Å². The van der Waals surface area contributed by atoms with Gasteiger partial charge in [-0.3, -0.25) is 14.9 Å². The summed E-state index contributed by atoms with van der Waals surface area (Å²) in [6.45, 7) is 0.507. The number of nitro groups is 1. The molecule has 21 heavy (non-hydrogen) atoms. The summed E-state index contributed by atoms with van der Waals surface area (Å²) in [5, 5.41) is 13.3. The van der Waals surface area contributed by atoms with Gasteiger partial charge in [-0.25, -0.2) is 8.42 Å². The summed E-state index contributed by atoms with van der Waals surface area (Å²) in [5.74, 6) is -0.395. The molecule has 1 saturated heterocycles. The van der Waals surface area contributed by atoms with Crippen molar-refractivity contribution in [2.75, 3.05) is 6.54 Å². The van der Waals surface area contributed by atoms with Crippen molar-refractivity contribution in [1.29, 1.82) is 0 Å². The topological polar surface area (TPSA) is 118 Å². The third-order valence-electron chi connectivity index (χ3n) is 2.94. The number of thiophene rings is 1. The molecule has 2 rings (SSSR count). The summed E-state index contributed by atoms with van der Waals surface area (Å²) in [5.41, 5.74) is -0.465. The van der Waals surface area contributed by atoms with E-state index in [-0.39, 0.29) is 8.55 Å². The average molecular weight is 354 g/mol. The first-order chi connectivity index (χ1) is 9.81. The lowest BCUT2D eigenvalue weighted by atomic mass is 10.1. The van der Waals surface area contributed by atoms with Gasteiger partial charge in [0.25, 0.3) is 15.7 Å². The van der Waals surface area contributed by atoms with E-state index < -0.39 is 32.6 Å². The average Bonchev–Trinajstić information content (AvgIpc) is 2.69. The lowest BCUT2D eigenvalue weighted by Gasteiger charge is -2.14. The van der Waals surface area contributed by atoms with Crippen LogP contribution in [0.3, 0.4) is 0 Å². The largest absolute Gasteiger partial charge is 0.355 e. The van der Waals surface area contributed by atoms with Gasteiger partial charge < -0.3 is 5.32 Å². The fourth-order valence-corrected chi connectivity index (χ4v) is 4.80. The summed E-state index contributed by atoms with van der Waals surface area (Å²) in [7, 11) is -4.03. The number of carbonyl (C=O) groups is 1. The Bertz CT molecular complexity index is 672. The Morgan fingerprint density at radius 2 is 2.19 bits per heavy atom. The number of hydrogen-bond donors (Lipinski definition) is 2. The van der Waals surface area contributed by atoms with Crippen molar-refractivity contribution in [2.24, 2.45) is 0 Å². The summed E-state index contributed by atoms with van der Waals surface area (Å²) in [4.78, 5) is 21.7. The Hall–Kier alpha value is -1.23. The van der Waals surface area contributed by atoms with Gasteiger partial charge in [0, 0.05) is 12.6 Å². The summed E-state index contributed by atoms with van der Waals surface area (Å²) < 4.78 is 26.1. The highest BCUT2D eigenvalue weighted by molar-refractivity contribution is 7.91. The Kier molecular flexibility index (Phi) is 4.81. The molecule has 0 saturated carbocycles. The van der Waals surface area contributed by atoms with Gasteiger partial charge in [0.15, 0.2) is 4.34 Å². The van der Waals surface area contributed by atoms with E-state index >= 15 is 0 Å². The minimum absolute atomic E-state index is 0.217. The van der Waals surface area contributed by atoms with E-state index in [1.165, 1.54) is 0 Å². The van der Waals surface area contributed by atoms with Crippen LogP contribution in [0.2, 0.25) is 4.34 Å². The normalized spacial score (nSPS) is 19.9. The van der Waals surface area contributed by atoms with E-state index in [0.717, 1.165) is 12.5 Å². The van der Waals surface area contributed by atoms with Crippen LogP contribution in [0.25, 0.3) is 0 Å². The van der Waals surface area contributed by atoms with Gasteiger partial charge in [0.05, 0.1) is 4.92 Å². The van der Waals surface area contributed by atoms with Crippen LogP contribution in [0, 0.1) is 10.1 Å². The first-order valence-corrected chi connectivity index (χ1v) is 8.73. The highest BCUT2D eigenvalue weighted by Crippen LogP contribution is 2.36. The monoisotopic (exact) mass is 353 g/mol. The maximum Gasteiger partial charge on any atom is 0.300 e. The van der Waals surface area contributed by atoms with Gasteiger partial charge in [-0.1, -0.05) is 11.6 Å². The molecule has 8 nitrogen and oxygen atoms in total. The molecule has 1 aliphatic heterocycles. The molecule has 1 aliphatic rings. The van der Waals surface area contributed by atoms with Crippen molar-refractivity contribution in [2.45, 2.75) is 29.5 Å². The Labute approximate surface area is 129 Å². The molecule has 2 heterocycles. The van der Waals surface area contributed by atoms with Crippen LogP contribution >= 0.6 is 22.9 Å². The second kappa shape index (κ2) is 6.26. The maximum absolute atomic E-state index is 12.2. The number of rotatable bonds is 4. The predicted octanol–water partition coefficient (Wildman–Crippen LogP) is 1.26. The molecule has 0 bridgehead atoms. The zero-order chi connectivity index (χ0) is 15.6. The molecule has 11 heteroatoms. The van der Waals surface area contributed by atoms with Crippen LogP contribution in [-0.2, 0) is 14.8 Å². The van der Waals surface area contributed by atoms with E-state index in [1.807, 2.05) is 0 Å². The molecule has 2 N–H and O–H groups in total. The Morgan fingerprint density at radius 3 is 2.81 bits per heavy atom. The van der Waals surface area contributed by atoms with Crippen LogP contribution in [0.1, 0.15) is 19.3 Å². The van der Waals surface area contributed by atoms with Crippen LogP contribution in [0.5, 0.6) is 0 Å². The zero-order valence-electron chi connectivity index (χ0n) is 10.7. The molecule has 0 aliphatic carbocycles. The van der Waals surface area contributed by atoms with Gasteiger partial charge in [-0.15, -0.1) is 11.3 Å². The SMILES string of the molecule is O=C1NCCCCC1NS(=O)(=O)c1cc([N+](=O)[O-])c(Cl)s1. The molecule has 1 aromatic heterocycles. The second-order valence-electron chi connectivity index (χ2n) is 4.44. The standard InChI is InChI=1S/C10H12ClN3O5S2/c11-9-7(14(16)17)5-8(20-9)21(18,19)13-6-3-1-2-4-12-10(6)15/h5-6,13H,1-4H2,(H,12,15). The van der Waals surface area contributed by atoms with Crippen molar-refractivity contribution in [3.05, 3.63) is 20.5 Å². The molecule has 0 radical (unpaired) electrons. The summed E-state index contributed by atoms with van der Waals surface area (Å²) in [6, 6.07) is 0.0154. The fourth-order valence-electron chi connectivity index (χ4n) is 1.89. The van der Waals surface area contributed by atoms with Crippen LogP contribution in [0.4, 0.5) is 5.69 Å². The van der Waals surface area contributed by atoms with Gasteiger partial charge >= 0.3 is 0 Å². The molecule has 1 unspecified atom stereocenters. The third-order valence-corrected chi connectivity index (χ3v) is 6.22. The molecule has 1 amide bonds. The number of carbonyl (C=O) groups excluding carboxylic acids is 1. The van der Waals surface area contributed by atoms with Crippen molar-refractivity contribution < 1.29 is 18.1 Å². The van der Waals surface area contributed by atoms with Crippen LogP contribution < -0.4 is 10.0 Å². The van der Waals surface area contributed by atoms with Crippen molar-refractivity contribution in [3.8, 4) is 0 Å². The lowest BCUT2D eigenvalue weighted by molar-refractivity contribution is -0.384. The van der Waals surface area contributed by atoms with E-state index in [4.69, 9.17) is 11.6 Å². The smallest absolute Gasteiger partial charge is 0.300 e. The molecular formula is C10H12ClN3O5S2. The highest BCUT2D eigenvalue weighted by atomic mass is 35.5. The van der Waals surface area contributed by atoms with Crippen LogP contribution in [-0.4, -0.2) is 31.8 Å². The van der Waals surface area contributed by atoms with Gasteiger partial charge in [-0.2, -0.15) is 4.72 Å². The predicted molar refractivity (Wildman–Crippen MR) is 77.0 cm³/mol. The molecule has 0 aromatic carbocycles. The van der Waals surface area contributed by atoms with Gasteiger partial charge in [0.1, 0.15) is 10.3 Å². The number of amides is 1. The maximum atomic E-state index is 12.2. The molecule has 0 spiro atoms. The summed E-state index contributed by atoms with van der Waals surface area (Å²) >= 11 is 6.24. The fraction of sp³-hybridized carbons (Fsp3) is 0.500. The van der Waals surface area contributed by atoms with E-state index in [0.29, 0.717) is 30.7 Å². The first kappa shape index (κ1) is 16.1. The molecule has 1 aromatic rings. The van der Waals surface area contributed by atoms with Gasteiger partial charge in [-0.05, 0) is 19.3 Å². The lowest BCUT2D eigenvalue weighted by Crippen LogP contribution is -2.45. The summed E-state index contributed by atoms with van der Waals surface area (Å²) in [6.07, 6.45) is 1.86. The van der Waals surface area contributed by atoms with Crippen molar-refractivity contribution in [3.63, 3.8) is 0 Å². The van der Waals surface area contributed by atoms with Crippen LogP contribution in [0.15, 0.2) is 10.3 Å². The van der Waals surface area contributed by atoms with E-state index in [1.54, 1.807) is 0 Å². The molecule has 1 atom stereocenters. The first-order valence-electron chi connectivity index (χ1n) is 6.05. The Balaban J connectivity index is 2.23. The minimum atomic E-state index is -4.03. The third kappa shape index (κ3) is 3.70. The number of sulfonamides is 1. The Morgan fingerprint density at radius 1 is 1.48 bits per heavy atom. The quantitative estimate of drug-likeness (QED) is 0.624. The van der Waals surface area contributed by atoms with Crippen molar-refractivity contribution >= 4 is 44.6 Å². The number of halogens is 1. The molecule has 116 valence electrons. The number of nitrogens with one attached hydrogen (secondary N) is 2. The molecule has 1 fully saturated rings. The van der Waals surface area contributed by atoms with E-state index in [2.05, 4.69) is 10.0 Å². The minimum Gasteiger partial charge on any atom is -0.355 e.